The topological polar surface area (TPSA) is 84.7 Å². The molecule has 1 amide bonds. The van der Waals surface area contributed by atoms with Crippen molar-refractivity contribution in [2.75, 3.05) is 13.2 Å². The van der Waals surface area contributed by atoms with Crippen LogP contribution in [0.1, 0.15) is 36.9 Å². The molecule has 0 aliphatic carbocycles. The number of aliphatic hydroxyl groups excluding tert-OH is 1. The molecule has 7 nitrogen and oxygen atoms in total. The number of halogens is 1. The molecule has 34 heavy (non-hydrogen) atoms. The summed E-state index contributed by atoms with van der Waals surface area (Å²) in [4.78, 5) is 31.7. The molecule has 0 saturated carbocycles. The van der Waals surface area contributed by atoms with Crippen LogP contribution in [0.15, 0.2) is 72.8 Å². The summed E-state index contributed by atoms with van der Waals surface area (Å²) in [6, 6.07) is 13.1. The van der Waals surface area contributed by atoms with Crippen molar-refractivity contribution in [1.82, 2.24) is 14.5 Å². The van der Waals surface area contributed by atoms with E-state index in [1.807, 2.05) is 42.0 Å². The summed E-state index contributed by atoms with van der Waals surface area (Å²) in [6.07, 6.45) is 6.77. The van der Waals surface area contributed by atoms with Gasteiger partial charge in [-0.2, -0.15) is 0 Å². The molecule has 1 aromatic heterocycles. The molecule has 176 valence electrons. The zero-order valence-corrected chi connectivity index (χ0v) is 19.6. The van der Waals surface area contributed by atoms with Crippen LogP contribution in [0.3, 0.4) is 0 Å². The SMILES string of the molecule is CCCOc1ccc([C@@H]2C(=C(O)c3ccc(Cl)cc3)C(=O)C(=O)N2CCCn2ccnc2)cc1. The van der Waals surface area contributed by atoms with E-state index in [0.717, 1.165) is 12.0 Å². The summed E-state index contributed by atoms with van der Waals surface area (Å²) in [6.45, 7) is 3.63. The van der Waals surface area contributed by atoms with Gasteiger partial charge in [-0.05, 0) is 54.8 Å². The van der Waals surface area contributed by atoms with Gasteiger partial charge >= 0.3 is 0 Å². The molecule has 4 rings (SSSR count). The molecule has 1 N–H and O–H groups in total. The smallest absolute Gasteiger partial charge is 0.295 e. The third-order valence-corrected chi connectivity index (χ3v) is 5.95. The van der Waals surface area contributed by atoms with E-state index in [2.05, 4.69) is 4.98 Å². The van der Waals surface area contributed by atoms with Crippen molar-refractivity contribution < 1.29 is 19.4 Å². The number of rotatable bonds is 9. The summed E-state index contributed by atoms with van der Waals surface area (Å²) in [5.74, 6) is -0.840. The highest BCUT2D eigenvalue weighted by atomic mass is 35.5. The second-order valence-electron chi connectivity index (χ2n) is 8.07. The third kappa shape index (κ3) is 4.99. The largest absolute Gasteiger partial charge is 0.507 e. The van der Waals surface area contributed by atoms with E-state index in [-0.39, 0.29) is 11.3 Å². The molecule has 0 unspecified atom stereocenters. The number of Topliss-reactive ketones (excluding diaryl/α,β-unsaturated/α-hetero) is 1. The first kappa shape index (κ1) is 23.6. The van der Waals surface area contributed by atoms with E-state index < -0.39 is 17.7 Å². The van der Waals surface area contributed by atoms with Crippen LogP contribution in [0.25, 0.3) is 5.76 Å². The predicted molar refractivity (Wildman–Crippen MR) is 130 cm³/mol. The number of hydrogen-bond acceptors (Lipinski definition) is 5. The lowest BCUT2D eigenvalue weighted by Crippen LogP contribution is -2.31. The van der Waals surface area contributed by atoms with Crippen molar-refractivity contribution >= 4 is 29.1 Å². The van der Waals surface area contributed by atoms with Crippen molar-refractivity contribution in [2.24, 2.45) is 0 Å². The number of aryl methyl sites for hydroxylation is 1. The number of likely N-dealkylation sites (tertiary alicyclic amines) is 1. The second kappa shape index (κ2) is 10.6. The third-order valence-electron chi connectivity index (χ3n) is 5.70. The molecule has 2 heterocycles. The lowest BCUT2D eigenvalue weighted by atomic mass is 9.95. The Labute approximate surface area is 203 Å². The number of ketones is 1. The van der Waals surface area contributed by atoms with E-state index >= 15 is 0 Å². The van der Waals surface area contributed by atoms with Gasteiger partial charge in [0.1, 0.15) is 11.5 Å². The number of carbonyl (C=O) groups excluding carboxylic acids is 2. The van der Waals surface area contributed by atoms with E-state index in [1.54, 1.807) is 36.8 Å². The maximum atomic E-state index is 13.1. The number of aromatic nitrogens is 2. The van der Waals surface area contributed by atoms with Crippen LogP contribution < -0.4 is 4.74 Å². The fraction of sp³-hybridized carbons (Fsp3) is 0.269. The molecule has 2 aromatic carbocycles. The molecule has 8 heteroatoms. The highest BCUT2D eigenvalue weighted by molar-refractivity contribution is 6.46. The number of aliphatic hydroxyl groups is 1. The van der Waals surface area contributed by atoms with Crippen LogP contribution in [0, 0.1) is 0 Å². The van der Waals surface area contributed by atoms with Crippen molar-refractivity contribution in [3.05, 3.63) is 89.0 Å². The Morgan fingerprint density at radius 3 is 2.47 bits per heavy atom. The van der Waals surface area contributed by atoms with Crippen molar-refractivity contribution in [2.45, 2.75) is 32.4 Å². The minimum atomic E-state index is -0.710. The highest BCUT2D eigenvalue weighted by Gasteiger charge is 2.45. The molecular formula is C26H26ClN3O4. The minimum Gasteiger partial charge on any atom is -0.507 e. The molecule has 1 fully saturated rings. The van der Waals surface area contributed by atoms with E-state index in [9.17, 15) is 14.7 Å². The summed E-state index contributed by atoms with van der Waals surface area (Å²) in [5.41, 5.74) is 1.21. The quantitative estimate of drug-likeness (QED) is 0.270. The first-order valence-corrected chi connectivity index (χ1v) is 11.6. The number of nitrogens with zero attached hydrogens (tertiary/aromatic N) is 3. The maximum absolute atomic E-state index is 13.1. The van der Waals surface area contributed by atoms with Crippen molar-refractivity contribution in [1.29, 1.82) is 0 Å². The van der Waals surface area contributed by atoms with E-state index in [0.29, 0.717) is 42.5 Å². The van der Waals surface area contributed by atoms with E-state index in [1.165, 1.54) is 4.90 Å². The zero-order chi connectivity index (χ0) is 24.1. The summed E-state index contributed by atoms with van der Waals surface area (Å²) >= 11 is 5.98. The molecule has 1 saturated heterocycles. The van der Waals surface area contributed by atoms with Gasteiger partial charge < -0.3 is 19.3 Å². The Morgan fingerprint density at radius 1 is 1.09 bits per heavy atom. The summed E-state index contributed by atoms with van der Waals surface area (Å²) in [5, 5.41) is 11.6. The van der Waals surface area contributed by atoms with Crippen LogP contribution in [0.4, 0.5) is 0 Å². The van der Waals surface area contributed by atoms with Gasteiger partial charge in [0.25, 0.3) is 11.7 Å². The molecule has 1 aliphatic heterocycles. The average molecular weight is 480 g/mol. The van der Waals surface area contributed by atoms with Crippen LogP contribution in [0.5, 0.6) is 5.75 Å². The Hall–Kier alpha value is -3.58. The number of ether oxygens (including phenoxy) is 1. The monoisotopic (exact) mass is 479 g/mol. The van der Waals surface area contributed by atoms with Crippen LogP contribution in [-0.2, 0) is 16.1 Å². The standard InChI is InChI=1S/C26H26ClN3O4/c1-2-16-34-21-10-6-18(7-11-21)23-22(24(31)19-4-8-20(27)9-5-19)25(32)26(33)30(23)14-3-13-29-15-12-28-17-29/h4-12,15,17,23,31H,2-3,13-14,16H2,1H3/t23-/m1/s1. The number of hydrogen-bond donors (Lipinski definition) is 1. The van der Waals surface area contributed by atoms with Gasteiger partial charge in [0.2, 0.25) is 0 Å². The van der Waals surface area contributed by atoms with Crippen LogP contribution in [-0.4, -0.2) is 44.4 Å². The van der Waals surface area contributed by atoms with Crippen molar-refractivity contribution in [3.63, 3.8) is 0 Å². The Kier molecular flexibility index (Phi) is 7.33. The lowest BCUT2D eigenvalue weighted by Gasteiger charge is -2.25. The molecular weight excluding hydrogens is 454 g/mol. The van der Waals surface area contributed by atoms with Crippen LogP contribution in [0.2, 0.25) is 5.02 Å². The normalized spacial score (nSPS) is 17.4. The molecule has 1 atom stereocenters. The van der Waals surface area contributed by atoms with Gasteiger partial charge in [0.05, 0.1) is 24.5 Å². The summed E-state index contributed by atoms with van der Waals surface area (Å²) in [7, 11) is 0. The van der Waals surface area contributed by atoms with Crippen LogP contribution >= 0.6 is 11.6 Å². The first-order chi connectivity index (χ1) is 16.5. The predicted octanol–water partition coefficient (Wildman–Crippen LogP) is 4.84. The molecule has 1 aliphatic rings. The molecule has 3 aromatic rings. The van der Waals surface area contributed by atoms with Crippen molar-refractivity contribution in [3.8, 4) is 5.75 Å². The second-order valence-corrected chi connectivity index (χ2v) is 8.51. The summed E-state index contributed by atoms with van der Waals surface area (Å²) < 4.78 is 7.59. The highest BCUT2D eigenvalue weighted by Crippen LogP contribution is 2.40. The van der Waals surface area contributed by atoms with Gasteiger partial charge in [-0.1, -0.05) is 30.7 Å². The fourth-order valence-electron chi connectivity index (χ4n) is 4.03. The van der Waals surface area contributed by atoms with E-state index in [4.69, 9.17) is 16.3 Å². The number of carbonyl (C=O) groups is 2. The lowest BCUT2D eigenvalue weighted by molar-refractivity contribution is -0.139. The first-order valence-electron chi connectivity index (χ1n) is 11.2. The van der Waals surface area contributed by atoms with Gasteiger partial charge in [0, 0.05) is 36.1 Å². The Morgan fingerprint density at radius 2 is 1.82 bits per heavy atom. The Bertz CT molecular complexity index is 1170. The average Bonchev–Trinajstić information content (AvgIpc) is 3.45. The Balaban J connectivity index is 1.69. The number of benzene rings is 2. The molecule has 0 bridgehead atoms. The number of amides is 1. The molecule has 0 radical (unpaired) electrons. The van der Waals surface area contributed by atoms with Gasteiger partial charge in [-0.25, -0.2) is 4.98 Å². The zero-order valence-electron chi connectivity index (χ0n) is 18.9. The van der Waals surface area contributed by atoms with Gasteiger partial charge in [-0.3, -0.25) is 9.59 Å². The fourth-order valence-corrected chi connectivity index (χ4v) is 4.16. The minimum absolute atomic E-state index is 0.0668. The van der Waals surface area contributed by atoms with Gasteiger partial charge in [0.15, 0.2) is 0 Å². The van der Waals surface area contributed by atoms with Gasteiger partial charge in [-0.15, -0.1) is 0 Å². The molecule has 0 spiro atoms. The maximum Gasteiger partial charge on any atom is 0.295 e. The number of imidazole rings is 1.